The maximum absolute atomic E-state index is 12.4. The molecule has 1 unspecified atom stereocenters. The molecule has 2 N–H and O–H groups in total. The number of benzene rings is 2. The summed E-state index contributed by atoms with van der Waals surface area (Å²) >= 11 is 0. The quantitative estimate of drug-likeness (QED) is 0.744. The average Bonchev–Trinajstić information content (AvgIpc) is 3.06. The van der Waals surface area contributed by atoms with Crippen molar-refractivity contribution in [3.05, 3.63) is 64.8 Å². The lowest BCUT2D eigenvalue weighted by molar-refractivity contribution is -0.116. The second-order valence-corrected chi connectivity index (χ2v) is 6.82. The van der Waals surface area contributed by atoms with Crippen LogP contribution in [0.25, 0.3) is 5.69 Å². The van der Waals surface area contributed by atoms with Crippen LogP contribution in [0.5, 0.6) is 11.5 Å². The van der Waals surface area contributed by atoms with E-state index in [9.17, 15) is 9.90 Å². The average molecular weight is 363 g/mol. The number of aromatic hydroxyl groups is 1. The number of hydrogen-bond acceptors (Lipinski definition) is 4. The molecule has 0 spiro atoms. The summed E-state index contributed by atoms with van der Waals surface area (Å²) in [5.41, 5.74) is 5.00. The monoisotopic (exact) mass is 363 g/mol. The highest BCUT2D eigenvalue weighted by atomic mass is 16.5. The molecule has 0 radical (unpaired) electrons. The Kier molecular flexibility index (Phi) is 4.11. The van der Waals surface area contributed by atoms with Crippen LogP contribution in [0.2, 0.25) is 0 Å². The standard InChI is InChI=1S/C21H21N3O3/c1-12-5-4-6-17(13(12)2)24-21-16(11-22-24)15(10-20(26)23-21)14-7-8-19(27-3)18(25)9-14/h4-9,11,15,25H,10H2,1-3H3,(H,23,26). The van der Waals surface area contributed by atoms with Gasteiger partial charge in [-0.3, -0.25) is 4.79 Å². The van der Waals surface area contributed by atoms with Crippen molar-refractivity contribution >= 4 is 11.7 Å². The third kappa shape index (κ3) is 2.83. The lowest BCUT2D eigenvalue weighted by Crippen LogP contribution is -2.24. The molecule has 138 valence electrons. The van der Waals surface area contributed by atoms with Crippen LogP contribution in [-0.2, 0) is 4.79 Å². The number of anilines is 1. The second kappa shape index (κ2) is 6.46. The number of carbonyl (C=O) groups is 1. The number of carbonyl (C=O) groups excluding carboxylic acids is 1. The number of methoxy groups -OCH3 is 1. The van der Waals surface area contributed by atoms with Gasteiger partial charge in [0, 0.05) is 17.9 Å². The van der Waals surface area contributed by atoms with Crippen molar-refractivity contribution in [1.29, 1.82) is 0 Å². The first-order valence-electron chi connectivity index (χ1n) is 8.81. The normalized spacial score (nSPS) is 16.0. The van der Waals surface area contributed by atoms with Crippen molar-refractivity contribution in [3.8, 4) is 17.2 Å². The zero-order valence-corrected chi connectivity index (χ0v) is 15.5. The zero-order chi connectivity index (χ0) is 19.1. The zero-order valence-electron chi connectivity index (χ0n) is 15.5. The molecular weight excluding hydrogens is 342 g/mol. The topological polar surface area (TPSA) is 76.4 Å². The second-order valence-electron chi connectivity index (χ2n) is 6.82. The molecule has 6 heteroatoms. The van der Waals surface area contributed by atoms with E-state index in [4.69, 9.17) is 4.74 Å². The predicted octanol–water partition coefficient (Wildman–Crippen LogP) is 3.68. The van der Waals surface area contributed by atoms with Crippen molar-refractivity contribution in [3.63, 3.8) is 0 Å². The lowest BCUT2D eigenvalue weighted by Gasteiger charge is -2.24. The van der Waals surface area contributed by atoms with E-state index in [2.05, 4.69) is 23.4 Å². The number of phenolic OH excluding ortho intramolecular Hbond substituents is 1. The van der Waals surface area contributed by atoms with Crippen molar-refractivity contribution < 1.29 is 14.6 Å². The summed E-state index contributed by atoms with van der Waals surface area (Å²) in [7, 11) is 1.51. The van der Waals surface area contributed by atoms with Crippen LogP contribution in [0.1, 0.15) is 34.6 Å². The third-order valence-electron chi connectivity index (χ3n) is 5.23. The van der Waals surface area contributed by atoms with Gasteiger partial charge in [0.05, 0.1) is 19.0 Å². The first-order valence-corrected chi connectivity index (χ1v) is 8.81. The Labute approximate surface area is 157 Å². The van der Waals surface area contributed by atoms with Crippen LogP contribution >= 0.6 is 0 Å². The lowest BCUT2D eigenvalue weighted by atomic mass is 9.87. The van der Waals surface area contributed by atoms with Crippen LogP contribution < -0.4 is 10.1 Å². The van der Waals surface area contributed by atoms with E-state index in [1.165, 1.54) is 7.11 Å². The van der Waals surface area contributed by atoms with Gasteiger partial charge in [0.25, 0.3) is 0 Å². The SMILES string of the molecule is COc1ccc(C2CC(=O)Nc3c2cnn3-c2cccc(C)c2C)cc1O. The highest BCUT2D eigenvalue weighted by molar-refractivity contribution is 5.94. The Morgan fingerprint density at radius 1 is 1.26 bits per heavy atom. The van der Waals surface area contributed by atoms with Gasteiger partial charge < -0.3 is 15.2 Å². The molecular formula is C21H21N3O3. The van der Waals surface area contributed by atoms with Crippen LogP contribution in [0.4, 0.5) is 5.82 Å². The Bertz CT molecular complexity index is 1040. The predicted molar refractivity (Wildman–Crippen MR) is 103 cm³/mol. The molecule has 6 nitrogen and oxygen atoms in total. The van der Waals surface area contributed by atoms with E-state index in [-0.39, 0.29) is 17.6 Å². The smallest absolute Gasteiger partial charge is 0.226 e. The van der Waals surface area contributed by atoms with E-state index in [0.717, 1.165) is 27.9 Å². The summed E-state index contributed by atoms with van der Waals surface area (Å²) in [6.45, 7) is 4.10. The Hall–Kier alpha value is -3.28. The molecule has 0 saturated carbocycles. The molecule has 0 aliphatic carbocycles. The number of ether oxygens (including phenoxy) is 1. The number of aryl methyl sites for hydroxylation is 1. The van der Waals surface area contributed by atoms with Gasteiger partial charge in [0.2, 0.25) is 5.91 Å². The van der Waals surface area contributed by atoms with Gasteiger partial charge in [0.15, 0.2) is 11.5 Å². The molecule has 27 heavy (non-hydrogen) atoms. The fourth-order valence-corrected chi connectivity index (χ4v) is 3.59. The van der Waals surface area contributed by atoms with Crippen LogP contribution in [0.15, 0.2) is 42.6 Å². The van der Waals surface area contributed by atoms with Crippen LogP contribution in [0, 0.1) is 13.8 Å². The molecule has 2 aromatic carbocycles. The Morgan fingerprint density at radius 3 is 2.81 bits per heavy atom. The highest BCUT2D eigenvalue weighted by Gasteiger charge is 2.31. The molecule has 0 bridgehead atoms. The van der Waals surface area contributed by atoms with Crippen molar-refractivity contribution in [2.45, 2.75) is 26.2 Å². The van der Waals surface area contributed by atoms with E-state index in [1.807, 2.05) is 25.1 Å². The molecule has 1 aliphatic rings. The van der Waals surface area contributed by atoms with E-state index in [1.54, 1.807) is 23.0 Å². The van der Waals surface area contributed by atoms with Crippen molar-refractivity contribution in [2.24, 2.45) is 0 Å². The van der Waals surface area contributed by atoms with E-state index >= 15 is 0 Å². The summed E-state index contributed by atoms with van der Waals surface area (Å²) in [5, 5.41) is 17.7. The fourth-order valence-electron chi connectivity index (χ4n) is 3.59. The van der Waals surface area contributed by atoms with Crippen molar-refractivity contribution in [1.82, 2.24) is 9.78 Å². The number of rotatable bonds is 3. The maximum Gasteiger partial charge on any atom is 0.226 e. The number of phenols is 1. The molecule has 1 aromatic heterocycles. The molecule has 0 saturated heterocycles. The van der Waals surface area contributed by atoms with Gasteiger partial charge in [0.1, 0.15) is 5.82 Å². The molecule has 1 amide bonds. The third-order valence-corrected chi connectivity index (χ3v) is 5.23. The van der Waals surface area contributed by atoms with Gasteiger partial charge >= 0.3 is 0 Å². The highest BCUT2D eigenvalue weighted by Crippen LogP contribution is 2.40. The van der Waals surface area contributed by atoms with Gasteiger partial charge in [-0.05, 0) is 48.7 Å². The minimum absolute atomic E-state index is 0.0597. The number of fused-ring (bicyclic) bond motifs is 1. The first kappa shape index (κ1) is 17.1. The van der Waals surface area contributed by atoms with Gasteiger partial charge in [-0.15, -0.1) is 0 Å². The van der Waals surface area contributed by atoms with Crippen LogP contribution in [-0.4, -0.2) is 27.9 Å². The number of nitrogens with zero attached hydrogens (tertiary/aromatic N) is 2. The summed E-state index contributed by atoms with van der Waals surface area (Å²) in [6.07, 6.45) is 2.10. The summed E-state index contributed by atoms with van der Waals surface area (Å²) in [5.74, 6) is 0.898. The Morgan fingerprint density at radius 2 is 2.07 bits per heavy atom. The number of nitrogens with one attached hydrogen (secondary N) is 1. The van der Waals surface area contributed by atoms with Gasteiger partial charge in [-0.1, -0.05) is 18.2 Å². The van der Waals surface area contributed by atoms with Crippen LogP contribution in [0.3, 0.4) is 0 Å². The molecule has 4 rings (SSSR count). The van der Waals surface area contributed by atoms with Gasteiger partial charge in [-0.25, -0.2) is 4.68 Å². The first-order chi connectivity index (χ1) is 13.0. The minimum Gasteiger partial charge on any atom is -0.504 e. The number of aromatic nitrogens is 2. The molecule has 2 heterocycles. The fraction of sp³-hybridized carbons (Fsp3) is 0.238. The minimum atomic E-state index is -0.176. The Balaban J connectivity index is 1.82. The summed E-state index contributed by atoms with van der Waals surface area (Å²) < 4.78 is 6.90. The van der Waals surface area contributed by atoms with E-state index in [0.29, 0.717) is 18.0 Å². The van der Waals surface area contributed by atoms with Crippen molar-refractivity contribution in [2.75, 3.05) is 12.4 Å². The number of hydrogen-bond donors (Lipinski definition) is 2. The number of amides is 1. The molecule has 0 fully saturated rings. The maximum atomic E-state index is 12.4. The van der Waals surface area contributed by atoms with E-state index < -0.39 is 0 Å². The molecule has 1 aliphatic heterocycles. The van der Waals surface area contributed by atoms with Gasteiger partial charge in [-0.2, -0.15) is 5.10 Å². The molecule has 1 atom stereocenters. The molecule has 3 aromatic rings. The largest absolute Gasteiger partial charge is 0.504 e. The summed E-state index contributed by atoms with van der Waals surface area (Å²) in [4.78, 5) is 12.4. The summed E-state index contributed by atoms with van der Waals surface area (Å²) in [6, 6.07) is 11.3.